The van der Waals surface area contributed by atoms with Gasteiger partial charge in [-0.05, 0) is 63.7 Å². The fourth-order valence-electron chi connectivity index (χ4n) is 4.76. The molecule has 27 heavy (non-hydrogen) atoms. The van der Waals surface area contributed by atoms with E-state index in [0.717, 1.165) is 63.9 Å². The van der Waals surface area contributed by atoms with Crippen LogP contribution in [0.4, 0.5) is 0 Å². The Bertz CT molecular complexity index is 729. The third kappa shape index (κ3) is 4.10. The van der Waals surface area contributed by atoms with E-state index in [-0.39, 0.29) is 11.7 Å². The van der Waals surface area contributed by atoms with Crippen LogP contribution in [0, 0.1) is 0 Å². The van der Waals surface area contributed by atoms with Gasteiger partial charge in [-0.1, -0.05) is 0 Å². The van der Waals surface area contributed by atoms with E-state index >= 15 is 0 Å². The fraction of sp³-hybridized carbons (Fsp3) is 0.789. The van der Waals surface area contributed by atoms with Crippen LogP contribution in [0.3, 0.4) is 0 Å². The van der Waals surface area contributed by atoms with Crippen molar-refractivity contribution in [2.75, 3.05) is 39.3 Å². The Labute approximate surface area is 162 Å². The Hall–Kier alpha value is -0.930. The minimum atomic E-state index is -3.48. The summed E-state index contributed by atoms with van der Waals surface area (Å²) in [5, 5.41) is 9.63. The molecule has 3 fully saturated rings. The van der Waals surface area contributed by atoms with E-state index in [1.807, 2.05) is 6.07 Å². The van der Waals surface area contributed by atoms with Gasteiger partial charge < -0.3 is 9.52 Å². The summed E-state index contributed by atoms with van der Waals surface area (Å²) in [6.07, 6.45) is 6.39. The molecule has 0 bridgehead atoms. The van der Waals surface area contributed by atoms with Gasteiger partial charge in [0, 0.05) is 31.7 Å². The summed E-state index contributed by atoms with van der Waals surface area (Å²) < 4.78 is 32.6. The van der Waals surface area contributed by atoms with Crippen molar-refractivity contribution in [3.05, 3.63) is 17.9 Å². The molecule has 8 heteroatoms. The first kappa shape index (κ1) is 19.4. The normalized spacial score (nSPS) is 28.5. The Morgan fingerprint density at radius 1 is 0.963 bits per heavy atom. The van der Waals surface area contributed by atoms with Crippen molar-refractivity contribution < 1.29 is 17.9 Å². The van der Waals surface area contributed by atoms with E-state index in [2.05, 4.69) is 9.80 Å². The number of hydrogen-bond donors (Lipinski definition) is 1. The van der Waals surface area contributed by atoms with Crippen molar-refractivity contribution in [3.63, 3.8) is 0 Å². The van der Waals surface area contributed by atoms with Gasteiger partial charge in [-0.3, -0.25) is 9.80 Å². The van der Waals surface area contributed by atoms with Crippen LogP contribution in [-0.2, 0) is 16.6 Å². The van der Waals surface area contributed by atoms with Crippen LogP contribution in [0.1, 0.15) is 44.3 Å². The zero-order chi connectivity index (χ0) is 18.9. The van der Waals surface area contributed by atoms with Crippen LogP contribution in [-0.4, -0.2) is 79.0 Å². The molecule has 1 aromatic heterocycles. The van der Waals surface area contributed by atoms with Gasteiger partial charge in [0.25, 0.3) is 10.0 Å². The number of nitrogens with zero attached hydrogens (tertiary/aromatic N) is 3. The molecule has 152 valence electrons. The summed E-state index contributed by atoms with van der Waals surface area (Å²) in [5.41, 5.74) is 0. The monoisotopic (exact) mass is 397 g/mol. The van der Waals surface area contributed by atoms with Crippen LogP contribution < -0.4 is 0 Å². The van der Waals surface area contributed by atoms with Crippen LogP contribution in [0.2, 0.25) is 0 Å². The SMILES string of the molecule is O=S(=O)(c1ccc(CN2CCCC2CN2CCCC2CO)o1)N1CCCC1. The largest absolute Gasteiger partial charge is 0.447 e. The average Bonchev–Trinajstić information content (AvgIpc) is 3.45. The number of sulfonamides is 1. The maximum atomic E-state index is 12.6. The van der Waals surface area contributed by atoms with Crippen LogP contribution in [0.5, 0.6) is 0 Å². The lowest BCUT2D eigenvalue weighted by atomic mass is 10.2. The van der Waals surface area contributed by atoms with E-state index in [0.29, 0.717) is 31.7 Å². The number of likely N-dealkylation sites (tertiary alicyclic amines) is 2. The Morgan fingerprint density at radius 3 is 2.41 bits per heavy atom. The van der Waals surface area contributed by atoms with E-state index in [1.165, 1.54) is 4.31 Å². The molecule has 1 aromatic rings. The molecule has 3 aliphatic rings. The van der Waals surface area contributed by atoms with Gasteiger partial charge in [0.05, 0.1) is 13.2 Å². The van der Waals surface area contributed by atoms with Crippen LogP contribution in [0.25, 0.3) is 0 Å². The van der Waals surface area contributed by atoms with Crippen LogP contribution >= 0.6 is 0 Å². The lowest BCUT2D eigenvalue weighted by Crippen LogP contribution is -2.43. The van der Waals surface area contributed by atoms with Crippen molar-refractivity contribution in [2.24, 2.45) is 0 Å². The van der Waals surface area contributed by atoms with Gasteiger partial charge in [-0.25, -0.2) is 8.42 Å². The minimum absolute atomic E-state index is 0.0787. The predicted molar refractivity (Wildman–Crippen MR) is 102 cm³/mol. The van der Waals surface area contributed by atoms with Gasteiger partial charge in [-0.2, -0.15) is 4.31 Å². The smallest absolute Gasteiger partial charge is 0.276 e. The lowest BCUT2D eigenvalue weighted by Gasteiger charge is -2.30. The second-order valence-corrected chi connectivity index (χ2v) is 9.94. The average molecular weight is 398 g/mol. The molecular weight excluding hydrogens is 366 g/mol. The second kappa shape index (κ2) is 8.21. The summed E-state index contributed by atoms with van der Waals surface area (Å²) in [6.45, 7) is 5.12. The highest BCUT2D eigenvalue weighted by Gasteiger charge is 2.33. The number of rotatable bonds is 7. The maximum Gasteiger partial charge on any atom is 0.276 e. The second-order valence-electron chi connectivity index (χ2n) is 8.07. The molecule has 4 heterocycles. The molecule has 0 spiro atoms. The third-order valence-electron chi connectivity index (χ3n) is 6.31. The van der Waals surface area contributed by atoms with E-state index in [4.69, 9.17) is 4.42 Å². The summed E-state index contributed by atoms with van der Waals surface area (Å²) in [5.74, 6) is 0.722. The Kier molecular flexibility index (Phi) is 5.89. The molecule has 0 radical (unpaired) electrons. The molecule has 0 saturated carbocycles. The number of hydrogen-bond acceptors (Lipinski definition) is 6. The lowest BCUT2D eigenvalue weighted by molar-refractivity contribution is 0.116. The highest BCUT2D eigenvalue weighted by molar-refractivity contribution is 7.89. The van der Waals surface area contributed by atoms with Gasteiger partial charge in [0.15, 0.2) is 0 Å². The topological polar surface area (TPSA) is 77.2 Å². The quantitative estimate of drug-likeness (QED) is 0.751. The van der Waals surface area contributed by atoms with E-state index < -0.39 is 10.0 Å². The first-order chi connectivity index (χ1) is 13.1. The molecule has 3 saturated heterocycles. The van der Waals surface area contributed by atoms with Gasteiger partial charge in [0.2, 0.25) is 5.09 Å². The molecule has 2 atom stereocenters. The van der Waals surface area contributed by atoms with Crippen molar-refractivity contribution >= 4 is 10.0 Å². The maximum absolute atomic E-state index is 12.6. The number of aliphatic hydroxyl groups is 1. The first-order valence-electron chi connectivity index (χ1n) is 10.3. The first-order valence-corrected chi connectivity index (χ1v) is 11.7. The molecular formula is C19H31N3O4S. The summed E-state index contributed by atoms with van der Waals surface area (Å²) in [4.78, 5) is 4.81. The summed E-state index contributed by atoms with van der Waals surface area (Å²) in [7, 11) is -3.48. The summed E-state index contributed by atoms with van der Waals surface area (Å²) in [6, 6.07) is 4.16. The zero-order valence-corrected chi connectivity index (χ0v) is 16.7. The molecule has 0 amide bonds. The molecule has 2 unspecified atom stereocenters. The Balaban J connectivity index is 1.39. The highest BCUT2D eigenvalue weighted by Crippen LogP contribution is 2.27. The predicted octanol–water partition coefficient (Wildman–Crippen LogP) is 1.49. The molecule has 7 nitrogen and oxygen atoms in total. The summed E-state index contributed by atoms with van der Waals surface area (Å²) >= 11 is 0. The highest BCUT2D eigenvalue weighted by atomic mass is 32.2. The van der Waals surface area contributed by atoms with Crippen molar-refractivity contribution in [3.8, 4) is 0 Å². The van der Waals surface area contributed by atoms with E-state index in [9.17, 15) is 13.5 Å². The minimum Gasteiger partial charge on any atom is -0.447 e. The standard InChI is InChI=1S/C19H31N3O4S/c23-15-17-6-4-9-20(17)13-16-5-3-10-21(16)14-18-7-8-19(26-18)27(24,25)22-11-1-2-12-22/h7-8,16-17,23H,1-6,9-15H2. The van der Waals surface area contributed by atoms with Gasteiger partial charge in [0.1, 0.15) is 5.76 Å². The molecule has 0 aliphatic carbocycles. The van der Waals surface area contributed by atoms with Crippen molar-refractivity contribution in [1.82, 2.24) is 14.1 Å². The molecule has 3 aliphatic heterocycles. The molecule has 0 aromatic carbocycles. The molecule has 4 rings (SSSR count). The number of aliphatic hydroxyl groups excluding tert-OH is 1. The third-order valence-corrected chi connectivity index (χ3v) is 8.08. The van der Waals surface area contributed by atoms with Crippen molar-refractivity contribution in [2.45, 2.75) is 62.2 Å². The Morgan fingerprint density at radius 2 is 1.67 bits per heavy atom. The van der Waals surface area contributed by atoms with E-state index in [1.54, 1.807) is 6.07 Å². The van der Waals surface area contributed by atoms with Crippen LogP contribution in [0.15, 0.2) is 21.6 Å². The van der Waals surface area contributed by atoms with Crippen molar-refractivity contribution in [1.29, 1.82) is 0 Å². The van der Waals surface area contributed by atoms with Gasteiger partial charge in [-0.15, -0.1) is 0 Å². The van der Waals surface area contributed by atoms with Gasteiger partial charge >= 0.3 is 0 Å². The number of furan rings is 1. The fourth-order valence-corrected chi connectivity index (χ4v) is 6.21. The molecule has 1 N–H and O–H groups in total. The zero-order valence-electron chi connectivity index (χ0n) is 15.9.